The van der Waals surface area contributed by atoms with E-state index in [9.17, 15) is 4.79 Å². The van der Waals surface area contributed by atoms with Gasteiger partial charge in [0.1, 0.15) is 5.69 Å². The molecule has 1 aliphatic rings. The molecule has 1 N–H and O–H groups in total. The zero-order valence-corrected chi connectivity index (χ0v) is 14.4. The summed E-state index contributed by atoms with van der Waals surface area (Å²) in [7, 11) is 0. The lowest BCUT2D eigenvalue weighted by molar-refractivity contribution is 0.0755. The number of benzene rings is 1. The maximum absolute atomic E-state index is 12.6. The Bertz CT molecular complexity index is 684. The van der Waals surface area contributed by atoms with Crippen LogP contribution in [0.3, 0.4) is 0 Å². The number of hydrogen-bond donors (Lipinski definition) is 1. The van der Waals surface area contributed by atoms with E-state index in [2.05, 4.69) is 31.2 Å². The van der Waals surface area contributed by atoms with E-state index in [4.69, 9.17) is 0 Å². The van der Waals surface area contributed by atoms with Gasteiger partial charge in [0.05, 0.1) is 0 Å². The van der Waals surface area contributed by atoms with Gasteiger partial charge in [0.25, 0.3) is 5.91 Å². The van der Waals surface area contributed by atoms with Gasteiger partial charge in [-0.3, -0.25) is 4.79 Å². The zero-order valence-electron chi connectivity index (χ0n) is 12.8. The second-order valence-electron chi connectivity index (χ2n) is 5.61. The van der Waals surface area contributed by atoms with Crippen molar-refractivity contribution in [3.05, 3.63) is 46.7 Å². The van der Waals surface area contributed by atoms with Gasteiger partial charge in [0.15, 0.2) is 0 Å². The Balaban J connectivity index is 1.75. The summed E-state index contributed by atoms with van der Waals surface area (Å²) in [5, 5.41) is 3.13. The predicted molar refractivity (Wildman–Crippen MR) is 93.8 cm³/mol. The molecule has 1 aromatic carbocycles. The van der Waals surface area contributed by atoms with Crippen LogP contribution < -0.4 is 5.32 Å². The van der Waals surface area contributed by atoms with Gasteiger partial charge < -0.3 is 10.2 Å². The minimum Gasteiger partial charge on any atom is -0.337 e. The Morgan fingerprint density at radius 3 is 2.65 bits per heavy atom. The Kier molecular flexibility index (Phi) is 5.23. The first-order valence-electron chi connectivity index (χ1n) is 7.87. The molecule has 6 heteroatoms. The number of hydrogen-bond acceptors (Lipinski definition) is 4. The number of carbonyl (C=O) groups excluding carboxylic acids is 1. The highest BCUT2D eigenvalue weighted by Crippen LogP contribution is 2.19. The number of rotatable bonds is 3. The number of aromatic nitrogens is 2. The van der Waals surface area contributed by atoms with Crippen LogP contribution in [0, 0.1) is 0 Å². The minimum absolute atomic E-state index is 0.00778. The van der Waals surface area contributed by atoms with E-state index in [1.54, 1.807) is 12.3 Å². The normalized spacial score (nSPS) is 15.1. The van der Waals surface area contributed by atoms with Gasteiger partial charge in [-0.2, -0.15) is 0 Å². The topological polar surface area (TPSA) is 58.1 Å². The molecule has 1 fully saturated rings. The molecule has 1 aliphatic heterocycles. The molecular formula is C17H19BrN4O. The van der Waals surface area contributed by atoms with Crippen molar-refractivity contribution >= 4 is 33.5 Å². The molecule has 5 nitrogen and oxygen atoms in total. The van der Waals surface area contributed by atoms with Crippen molar-refractivity contribution in [2.24, 2.45) is 0 Å². The standard InChI is InChI=1S/C17H19BrN4O/c18-13-6-5-7-14(12-13)20-17-19-9-8-15(21-17)16(23)22-10-3-1-2-4-11-22/h5-9,12H,1-4,10-11H2,(H,19,20,21). The van der Waals surface area contributed by atoms with Crippen LogP contribution in [-0.2, 0) is 0 Å². The third-order valence-electron chi connectivity index (χ3n) is 3.85. The average molecular weight is 375 g/mol. The number of carbonyl (C=O) groups is 1. The van der Waals surface area contributed by atoms with E-state index in [0.29, 0.717) is 11.6 Å². The summed E-state index contributed by atoms with van der Waals surface area (Å²) in [6, 6.07) is 9.42. The Morgan fingerprint density at radius 2 is 1.91 bits per heavy atom. The maximum Gasteiger partial charge on any atom is 0.272 e. The van der Waals surface area contributed by atoms with Crippen LogP contribution in [0.1, 0.15) is 36.2 Å². The third kappa shape index (κ3) is 4.28. The van der Waals surface area contributed by atoms with Crippen LogP contribution in [0.4, 0.5) is 11.6 Å². The summed E-state index contributed by atoms with van der Waals surface area (Å²) in [5.74, 6) is 0.426. The van der Waals surface area contributed by atoms with E-state index in [1.807, 2.05) is 29.2 Å². The van der Waals surface area contributed by atoms with Gasteiger partial charge in [0, 0.05) is 29.4 Å². The van der Waals surface area contributed by atoms with Crippen molar-refractivity contribution in [3.8, 4) is 0 Å². The number of likely N-dealkylation sites (tertiary alicyclic amines) is 1. The highest BCUT2D eigenvalue weighted by molar-refractivity contribution is 9.10. The lowest BCUT2D eigenvalue weighted by Crippen LogP contribution is -2.32. The van der Waals surface area contributed by atoms with Crippen LogP contribution in [0.2, 0.25) is 0 Å². The lowest BCUT2D eigenvalue weighted by Gasteiger charge is -2.19. The average Bonchev–Trinajstić information content (AvgIpc) is 2.84. The number of amides is 1. The smallest absolute Gasteiger partial charge is 0.272 e. The molecule has 0 spiro atoms. The molecule has 0 atom stereocenters. The molecule has 120 valence electrons. The summed E-state index contributed by atoms with van der Waals surface area (Å²) in [6.45, 7) is 1.63. The fourth-order valence-corrected chi connectivity index (χ4v) is 3.07. The molecule has 1 aromatic heterocycles. The summed E-state index contributed by atoms with van der Waals surface area (Å²) in [5.41, 5.74) is 1.32. The van der Waals surface area contributed by atoms with Gasteiger partial charge in [-0.25, -0.2) is 9.97 Å². The quantitative estimate of drug-likeness (QED) is 0.881. The number of halogens is 1. The Labute approximate surface area is 144 Å². The Morgan fingerprint density at radius 1 is 1.13 bits per heavy atom. The van der Waals surface area contributed by atoms with E-state index in [1.165, 1.54) is 12.8 Å². The van der Waals surface area contributed by atoms with Crippen LogP contribution in [-0.4, -0.2) is 33.9 Å². The Hall–Kier alpha value is -1.95. The minimum atomic E-state index is -0.00778. The molecule has 2 aromatic rings. The second-order valence-corrected chi connectivity index (χ2v) is 6.52. The first kappa shape index (κ1) is 15.9. The zero-order chi connectivity index (χ0) is 16.1. The number of anilines is 2. The summed E-state index contributed by atoms with van der Waals surface area (Å²) in [4.78, 5) is 23.1. The molecule has 0 bridgehead atoms. The van der Waals surface area contributed by atoms with Crippen LogP contribution in [0.5, 0.6) is 0 Å². The molecule has 0 radical (unpaired) electrons. The van der Waals surface area contributed by atoms with Gasteiger partial charge >= 0.3 is 0 Å². The second kappa shape index (κ2) is 7.55. The molecule has 3 rings (SSSR count). The first-order chi connectivity index (χ1) is 11.2. The van der Waals surface area contributed by atoms with E-state index >= 15 is 0 Å². The molecule has 0 unspecified atom stereocenters. The molecule has 0 aliphatic carbocycles. The van der Waals surface area contributed by atoms with Crippen molar-refractivity contribution in [1.29, 1.82) is 0 Å². The molecular weight excluding hydrogens is 356 g/mol. The van der Waals surface area contributed by atoms with E-state index in [-0.39, 0.29) is 5.91 Å². The van der Waals surface area contributed by atoms with Gasteiger partial charge in [-0.15, -0.1) is 0 Å². The third-order valence-corrected chi connectivity index (χ3v) is 4.34. The first-order valence-corrected chi connectivity index (χ1v) is 8.66. The maximum atomic E-state index is 12.6. The molecule has 0 saturated carbocycles. The van der Waals surface area contributed by atoms with Gasteiger partial charge in [0.2, 0.25) is 5.95 Å². The largest absolute Gasteiger partial charge is 0.337 e. The molecule has 1 amide bonds. The molecule has 1 saturated heterocycles. The highest BCUT2D eigenvalue weighted by Gasteiger charge is 2.18. The molecule has 2 heterocycles. The fourth-order valence-electron chi connectivity index (χ4n) is 2.67. The highest BCUT2D eigenvalue weighted by atomic mass is 79.9. The number of nitrogens with one attached hydrogen (secondary N) is 1. The SMILES string of the molecule is O=C(c1ccnc(Nc2cccc(Br)c2)n1)N1CCCCCC1. The monoisotopic (exact) mass is 374 g/mol. The van der Waals surface area contributed by atoms with Gasteiger partial charge in [-0.1, -0.05) is 34.8 Å². The summed E-state index contributed by atoms with van der Waals surface area (Å²) < 4.78 is 0.972. The fraction of sp³-hybridized carbons (Fsp3) is 0.353. The van der Waals surface area contributed by atoms with Gasteiger partial charge in [-0.05, 0) is 37.1 Å². The van der Waals surface area contributed by atoms with Crippen molar-refractivity contribution in [2.45, 2.75) is 25.7 Å². The summed E-state index contributed by atoms with van der Waals surface area (Å²) >= 11 is 3.43. The van der Waals surface area contributed by atoms with Crippen molar-refractivity contribution in [3.63, 3.8) is 0 Å². The van der Waals surface area contributed by atoms with E-state index < -0.39 is 0 Å². The van der Waals surface area contributed by atoms with Crippen LogP contribution in [0.25, 0.3) is 0 Å². The molecule has 23 heavy (non-hydrogen) atoms. The van der Waals surface area contributed by atoms with Crippen LogP contribution >= 0.6 is 15.9 Å². The van der Waals surface area contributed by atoms with Crippen molar-refractivity contribution in [1.82, 2.24) is 14.9 Å². The van der Waals surface area contributed by atoms with Crippen molar-refractivity contribution < 1.29 is 4.79 Å². The van der Waals surface area contributed by atoms with Crippen LogP contribution in [0.15, 0.2) is 41.0 Å². The lowest BCUT2D eigenvalue weighted by atomic mass is 10.2. The van der Waals surface area contributed by atoms with E-state index in [0.717, 1.165) is 36.1 Å². The van der Waals surface area contributed by atoms with Crippen molar-refractivity contribution in [2.75, 3.05) is 18.4 Å². The summed E-state index contributed by atoms with van der Waals surface area (Å²) in [6.07, 6.45) is 6.16. The number of nitrogens with zero attached hydrogens (tertiary/aromatic N) is 3. The predicted octanol–water partition coefficient (Wildman–Crippen LogP) is 4.00.